The summed E-state index contributed by atoms with van der Waals surface area (Å²) in [6.45, 7) is 3.48. The molecule has 0 bridgehead atoms. The van der Waals surface area contributed by atoms with Crippen LogP contribution in [0.15, 0.2) is 29.4 Å². The second kappa shape index (κ2) is 8.72. The SMILES string of the molecule is COc1ccc(C(=O)NCCSc2cn[nH]n2)cc1N1CCOCC1. The highest BCUT2D eigenvalue weighted by Gasteiger charge is 2.17. The molecule has 1 aliphatic heterocycles. The zero-order chi connectivity index (χ0) is 17.5. The average Bonchev–Trinajstić information content (AvgIpc) is 3.18. The van der Waals surface area contributed by atoms with Crippen molar-refractivity contribution in [3.05, 3.63) is 30.0 Å². The number of morpholine rings is 1. The number of carbonyl (C=O) groups excluding carboxylic acids is 1. The van der Waals surface area contributed by atoms with Crippen LogP contribution in [0.25, 0.3) is 0 Å². The smallest absolute Gasteiger partial charge is 0.251 e. The van der Waals surface area contributed by atoms with E-state index in [4.69, 9.17) is 9.47 Å². The highest BCUT2D eigenvalue weighted by atomic mass is 32.2. The number of hydrogen-bond donors (Lipinski definition) is 2. The number of methoxy groups -OCH3 is 1. The minimum absolute atomic E-state index is 0.0992. The predicted octanol–water partition coefficient (Wildman–Crippen LogP) is 1.17. The van der Waals surface area contributed by atoms with Crippen molar-refractivity contribution < 1.29 is 14.3 Å². The van der Waals surface area contributed by atoms with Crippen LogP contribution in [0.5, 0.6) is 5.75 Å². The number of nitrogens with zero attached hydrogens (tertiary/aromatic N) is 3. The molecule has 25 heavy (non-hydrogen) atoms. The third-order valence-corrected chi connectivity index (χ3v) is 4.72. The number of aromatic nitrogens is 3. The highest BCUT2D eigenvalue weighted by molar-refractivity contribution is 7.99. The molecule has 9 heteroatoms. The first kappa shape index (κ1) is 17.6. The molecule has 1 saturated heterocycles. The van der Waals surface area contributed by atoms with Gasteiger partial charge in [0.05, 0.1) is 32.2 Å². The lowest BCUT2D eigenvalue weighted by Gasteiger charge is -2.30. The Balaban J connectivity index is 1.59. The number of aromatic amines is 1. The van der Waals surface area contributed by atoms with Gasteiger partial charge in [-0.1, -0.05) is 0 Å². The van der Waals surface area contributed by atoms with Gasteiger partial charge in [-0.3, -0.25) is 4.79 Å². The van der Waals surface area contributed by atoms with Crippen molar-refractivity contribution in [1.29, 1.82) is 0 Å². The molecule has 0 atom stereocenters. The van der Waals surface area contributed by atoms with Gasteiger partial charge in [0.15, 0.2) is 0 Å². The fourth-order valence-electron chi connectivity index (χ4n) is 2.57. The normalized spacial score (nSPS) is 14.4. The van der Waals surface area contributed by atoms with Gasteiger partial charge in [-0.2, -0.15) is 10.3 Å². The Kier molecular flexibility index (Phi) is 6.13. The monoisotopic (exact) mass is 363 g/mol. The van der Waals surface area contributed by atoms with Gasteiger partial charge in [0.2, 0.25) is 0 Å². The van der Waals surface area contributed by atoms with E-state index in [1.165, 1.54) is 11.8 Å². The minimum Gasteiger partial charge on any atom is -0.495 e. The molecule has 0 unspecified atom stereocenters. The number of rotatable bonds is 7. The lowest BCUT2D eigenvalue weighted by molar-refractivity contribution is 0.0956. The minimum atomic E-state index is -0.0992. The summed E-state index contributed by atoms with van der Waals surface area (Å²) < 4.78 is 10.8. The molecule has 0 spiro atoms. The maximum Gasteiger partial charge on any atom is 0.251 e. The van der Waals surface area contributed by atoms with E-state index in [9.17, 15) is 4.79 Å². The van der Waals surface area contributed by atoms with Crippen LogP contribution in [-0.2, 0) is 4.74 Å². The summed E-state index contributed by atoms with van der Waals surface area (Å²) in [5.41, 5.74) is 1.55. The van der Waals surface area contributed by atoms with Crippen molar-refractivity contribution in [3.63, 3.8) is 0 Å². The summed E-state index contributed by atoms with van der Waals surface area (Å²) in [5, 5.41) is 14.0. The van der Waals surface area contributed by atoms with Crippen LogP contribution in [0.2, 0.25) is 0 Å². The van der Waals surface area contributed by atoms with Crippen LogP contribution >= 0.6 is 11.8 Å². The molecule has 0 saturated carbocycles. The van der Waals surface area contributed by atoms with Gasteiger partial charge >= 0.3 is 0 Å². The van der Waals surface area contributed by atoms with Crippen LogP contribution < -0.4 is 15.0 Å². The van der Waals surface area contributed by atoms with Gasteiger partial charge in [-0.05, 0) is 18.2 Å². The predicted molar refractivity (Wildman–Crippen MR) is 95.5 cm³/mol. The second-order valence-corrected chi connectivity index (χ2v) is 6.51. The maximum absolute atomic E-state index is 12.4. The Morgan fingerprint density at radius 1 is 1.44 bits per heavy atom. The molecule has 1 aromatic carbocycles. The van der Waals surface area contributed by atoms with E-state index in [0.29, 0.717) is 25.3 Å². The van der Waals surface area contributed by atoms with E-state index < -0.39 is 0 Å². The van der Waals surface area contributed by atoms with E-state index in [2.05, 4.69) is 25.6 Å². The number of anilines is 1. The molecule has 1 fully saturated rings. The molecule has 0 aliphatic carbocycles. The van der Waals surface area contributed by atoms with Crippen molar-refractivity contribution in [2.75, 3.05) is 50.6 Å². The molecule has 2 heterocycles. The standard InChI is InChI=1S/C16H21N5O3S/c1-23-14-3-2-12(10-13(14)21-5-7-24-8-6-21)16(22)17-4-9-25-15-11-18-20-19-15/h2-3,10-11H,4-9H2,1H3,(H,17,22)(H,18,19,20). The number of carbonyl (C=O) groups is 1. The topological polar surface area (TPSA) is 92.4 Å². The number of benzene rings is 1. The molecule has 2 N–H and O–H groups in total. The Bertz CT molecular complexity index is 689. The first-order chi connectivity index (χ1) is 12.3. The molecule has 1 aromatic heterocycles. The van der Waals surface area contributed by atoms with E-state index in [0.717, 1.165) is 35.3 Å². The van der Waals surface area contributed by atoms with Crippen molar-refractivity contribution in [3.8, 4) is 5.75 Å². The molecule has 8 nitrogen and oxygen atoms in total. The van der Waals surface area contributed by atoms with Gasteiger partial charge in [-0.15, -0.1) is 16.9 Å². The Hall–Kier alpha value is -2.26. The number of nitrogens with one attached hydrogen (secondary N) is 2. The third kappa shape index (κ3) is 4.64. The summed E-state index contributed by atoms with van der Waals surface area (Å²) in [4.78, 5) is 14.6. The number of amides is 1. The van der Waals surface area contributed by atoms with Crippen molar-refractivity contribution in [1.82, 2.24) is 20.7 Å². The summed E-state index contributed by atoms with van der Waals surface area (Å²) in [5.74, 6) is 1.39. The van der Waals surface area contributed by atoms with Crippen molar-refractivity contribution in [2.24, 2.45) is 0 Å². The molecule has 1 aliphatic rings. The summed E-state index contributed by atoms with van der Waals surface area (Å²) in [7, 11) is 1.64. The Morgan fingerprint density at radius 2 is 2.28 bits per heavy atom. The Labute approximate surface area is 150 Å². The van der Waals surface area contributed by atoms with Gasteiger partial charge in [0.1, 0.15) is 10.8 Å². The fraction of sp³-hybridized carbons (Fsp3) is 0.438. The number of ether oxygens (including phenoxy) is 2. The van der Waals surface area contributed by atoms with E-state index in [1.54, 1.807) is 19.4 Å². The van der Waals surface area contributed by atoms with Crippen LogP contribution in [0, 0.1) is 0 Å². The van der Waals surface area contributed by atoms with Crippen molar-refractivity contribution in [2.45, 2.75) is 5.03 Å². The first-order valence-electron chi connectivity index (χ1n) is 8.05. The zero-order valence-corrected chi connectivity index (χ0v) is 14.8. The van der Waals surface area contributed by atoms with E-state index in [1.807, 2.05) is 12.1 Å². The average molecular weight is 363 g/mol. The van der Waals surface area contributed by atoms with Crippen LogP contribution in [0.1, 0.15) is 10.4 Å². The largest absolute Gasteiger partial charge is 0.495 e. The lowest BCUT2D eigenvalue weighted by atomic mass is 10.1. The molecule has 2 aromatic rings. The zero-order valence-electron chi connectivity index (χ0n) is 14.0. The molecule has 134 valence electrons. The molecule has 1 amide bonds. The van der Waals surface area contributed by atoms with Crippen molar-refractivity contribution >= 4 is 23.4 Å². The third-order valence-electron chi connectivity index (χ3n) is 3.82. The Morgan fingerprint density at radius 3 is 3.00 bits per heavy atom. The van der Waals surface area contributed by atoms with Crippen LogP contribution in [0.3, 0.4) is 0 Å². The lowest BCUT2D eigenvalue weighted by Crippen LogP contribution is -2.36. The molecule has 3 rings (SSSR count). The molecular weight excluding hydrogens is 342 g/mol. The quantitative estimate of drug-likeness (QED) is 0.563. The van der Waals surface area contributed by atoms with Gasteiger partial charge in [0, 0.05) is 31.0 Å². The number of thioether (sulfide) groups is 1. The summed E-state index contributed by atoms with van der Waals surface area (Å²) in [6.07, 6.45) is 1.66. The van der Waals surface area contributed by atoms with Crippen LogP contribution in [0.4, 0.5) is 5.69 Å². The second-order valence-electron chi connectivity index (χ2n) is 5.40. The van der Waals surface area contributed by atoms with Gasteiger partial charge in [0.25, 0.3) is 5.91 Å². The summed E-state index contributed by atoms with van der Waals surface area (Å²) >= 11 is 1.53. The summed E-state index contributed by atoms with van der Waals surface area (Å²) in [6, 6.07) is 5.50. The van der Waals surface area contributed by atoms with E-state index in [-0.39, 0.29) is 5.91 Å². The fourth-order valence-corrected chi connectivity index (χ4v) is 3.21. The van der Waals surface area contributed by atoms with Crippen LogP contribution in [-0.4, -0.2) is 67.0 Å². The molecule has 0 radical (unpaired) electrons. The number of hydrogen-bond acceptors (Lipinski definition) is 7. The van der Waals surface area contributed by atoms with Gasteiger partial charge < -0.3 is 19.7 Å². The number of H-pyrrole nitrogens is 1. The molecular formula is C16H21N5O3S. The first-order valence-corrected chi connectivity index (χ1v) is 9.04. The maximum atomic E-state index is 12.4. The van der Waals surface area contributed by atoms with E-state index >= 15 is 0 Å². The van der Waals surface area contributed by atoms with Gasteiger partial charge in [-0.25, -0.2) is 0 Å². The highest BCUT2D eigenvalue weighted by Crippen LogP contribution is 2.30.